The van der Waals surface area contributed by atoms with Gasteiger partial charge in [0.1, 0.15) is 0 Å². The van der Waals surface area contributed by atoms with E-state index >= 15 is 0 Å². The van der Waals surface area contributed by atoms with Crippen LogP contribution in [0.1, 0.15) is 19.4 Å². The van der Waals surface area contributed by atoms with Crippen molar-refractivity contribution in [1.82, 2.24) is 0 Å². The molecule has 2 nitrogen and oxygen atoms in total. The van der Waals surface area contributed by atoms with E-state index in [4.69, 9.17) is 10.0 Å². The minimum atomic E-state index is -1.36. The molecule has 0 atom stereocenters. The Labute approximate surface area is 95.9 Å². The molecular weight excluding hydrogens is 207 g/mol. The SMILES string of the molecule is CC(C)CSCc1ccccc1B(O)O. The van der Waals surface area contributed by atoms with Crippen LogP contribution in [0.4, 0.5) is 0 Å². The normalized spacial score (nSPS) is 10.7. The molecule has 0 unspecified atom stereocenters. The molecule has 0 amide bonds. The third-order valence-electron chi connectivity index (χ3n) is 2.04. The highest BCUT2D eigenvalue weighted by Crippen LogP contribution is 2.14. The van der Waals surface area contributed by atoms with Gasteiger partial charge < -0.3 is 10.0 Å². The van der Waals surface area contributed by atoms with Gasteiger partial charge in [0.15, 0.2) is 0 Å². The molecule has 0 saturated heterocycles. The van der Waals surface area contributed by atoms with E-state index in [0.717, 1.165) is 17.1 Å². The summed E-state index contributed by atoms with van der Waals surface area (Å²) in [6.07, 6.45) is 0. The van der Waals surface area contributed by atoms with Crippen molar-refractivity contribution in [3.63, 3.8) is 0 Å². The number of hydrogen-bond acceptors (Lipinski definition) is 3. The van der Waals surface area contributed by atoms with Crippen molar-refractivity contribution in [2.24, 2.45) is 5.92 Å². The van der Waals surface area contributed by atoms with Gasteiger partial charge in [-0.25, -0.2) is 0 Å². The van der Waals surface area contributed by atoms with Crippen molar-refractivity contribution in [3.05, 3.63) is 29.8 Å². The Hall–Kier alpha value is -0.445. The molecule has 82 valence electrons. The fourth-order valence-corrected chi connectivity index (χ4v) is 2.39. The standard InChI is InChI=1S/C11H17BO2S/c1-9(2)7-15-8-10-5-3-4-6-11(10)12(13)14/h3-6,9,13-14H,7-8H2,1-2H3. The number of thioether (sulfide) groups is 1. The second-order valence-corrected chi connectivity index (χ2v) is 5.01. The predicted octanol–water partition coefficient (Wildman–Crippen LogP) is 1.26. The van der Waals surface area contributed by atoms with E-state index in [0.29, 0.717) is 11.4 Å². The van der Waals surface area contributed by atoms with E-state index in [1.54, 1.807) is 6.07 Å². The van der Waals surface area contributed by atoms with Crippen molar-refractivity contribution in [2.75, 3.05) is 5.75 Å². The van der Waals surface area contributed by atoms with Gasteiger partial charge in [0.2, 0.25) is 0 Å². The molecule has 1 rings (SSSR count). The Morgan fingerprint density at radius 3 is 2.53 bits per heavy atom. The van der Waals surface area contributed by atoms with E-state index in [1.165, 1.54) is 0 Å². The zero-order valence-corrected chi connectivity index (χ0v) is 10.00. The maximum Gasteiger partial charge on any atom is 0.488 e. The average molecular weight is 224 g/mol. The van der Waals surface area contributed by atoms with Gasteiger partial charge in [-0.2, -0.15) is 11.8 Å². The maximum atomic E-state index is 9.16. The smallest absolute Gasteiger partial charge is 0.423 e. The van der Waals surface area contributed by atoms with Gasteiger partial charge in [0.05, 0.1) is 0 Å². The molecule has 0 aliphatic carbocycles. The molecule has 1 aromatic carbocycles. The molecule has 0 heterocycles. The quantitative estimate of drug-likeness (QED) is 0.739. The van der Waals surface area contributed by atoms with Crippen LogP contribution in [0.3, 0.4) is 0 Å². The lowest BCUT2D eigenvalue weighted by Gasteiger charge is -2.09. The van der Waals surface area contributed by atoms with E-state index in [9.17, 15) is 0 Å². The molecular formula is C11H17BO2S. The second-order valence-electron chi connectivity index (χ2n) is 3.98. The summed E-state index contributed by atoms with van der Waals surface area (Å²) in [5.41, 5.74) is 1.63. The Morgan fingerprint density at radius 2 is 1.93 bits per heavy atom. The summed E-state index contributed by atoms with van der Waals surface area (Å²) in [4.78, 5) is 0. The molecule has 0 radical (unpaired) electrons. The van der Waals surface area contributed by atoms with Crippen molar-refractivity contribution in [3.8, 4) is 0 Å². The third-order valence-corrected chi connectivity index (χ3v) is 3.46. The Kier molecular flexibility index (Phi) is 5.22. The van der Waals surface area contributed by atoms with Crippen molar-refractivity contribution in [1.29, 1.82) is 0 Å². The van der Waals surface area contributed by atoms with E-state index in [2.05, 4.69) is 13.8 Å². The first-order chi connectivity index (χ1) is 7.11. The summed E-state index contributed by atoms with van der Waals surface area (Å²) < 4.78 is 0. The Balaban J connectivity index is 2.59. The number of rotatable bonds is 5. The number of hydrogen-bond donors (Lipinski definition) is 2. The highest BCUT2D eigenvalue weighted by molar-refractivity contribution is 7.98. The fraction of sp³-hybridized carbons (Fsp3) is 0.455. The van der Waals surface area contributed by atoms with Gasteiger partial charge in [-0.3, -0.25) is 0 Å². The summed E-state index contributed by atoms with van der Waals surface area (Å²) in [6, 6.07) is 7.46. The molecule has 0 saturated carbocycles. The molecule has 0 bridgehead atoms. The van der Waals surface area contributed by atoms with Crippen LogP contribution in [0.5, 0.6) is 0 Å². The van der Waals surface area contributed by atoms with Gasteiger partial charge in [-0.1, -0.05) is 38.1 Å². The molecule has 0 aromatic heterocycles. The van der Waals surface area contributed by atoms with Crippen molar-refractivity contribution < 1.29 is 10.0 Å². The molecule has 0 spiro atoms. The molecule has 0 fully saturated rings. The Morgan fingerprint density at radius 1 is 1.27 bits per heavy atom. The average Bonchev–Trinajstić information content (AvgIpc) is 2.17. The molecule has 1 aromatic rings. The lowest BCUT2D eigenvalue weighted by molar-refractivity contribution is 0.425. The monoisotopic (exact) mass is 224 g/mol. The van der Waals surface area contributed by atoms with Crippen molar-refractivity contribution >= 4 is 24.3 Å². The molecule has 0 aliphatic rings. The molecule has 0 aliphatic heterocycles. The predicted molar refractivity (Wildman–Crippen MR) is 67.3 cm³/mol. The van der Waals surface area contributed by atoms with Gasteiger partial charge in [0.25, 0.3) is 0 Å². The van der Waals surface area contributed by atoms with Crippen LogP contribution in [0.2, 0.25) is 0 Å². The molecule has 15 heavy (non-hydrogen) atoms. The van der Waals surface area contributed by atoms with Gasteiger partial charge in [-0.05, 0) is 22.7 Å². The van der Waals surface area contributed by atoms with Gasteiger partial charge >= 0.3 is 7.12 Å². The zero-order chi connectivity index (χ0) is 11.3. The maximum absolute atomic E-state index is 9.16. The summed E-state index contributed by atoms with van der Waals surface area (Å²) in [5, 5.41) is 18.3. The number of benzene rings is 1. The van der Waals surface area contributed by atoms with E-state index in [1.807, 2.05) is 30.0 Å². The minimum Gasteiger partial charge on any atom is -0.423 e. The third kappa shape index (κ3) is 4.28. The largest absolute Gasteiger partial charge is 0.488 e. The van der Waals surface area contributed by atoms with Crippen LogP contribution >= 0.6 is 11.8 Å². The highest BCUT2D eigenvalue weighted by atomic mass is 32.2. The zero-order valence-electron chi connectivity index (χ0n) is 9.18. The first kappa shape index (κ1) is 12.6. The van der Waals surface area contributed by atoms with Crippen LogP contribution in [-0.4, -0.2) is 22.9 Å². The lowest BCUT2D eigenvalue weighted by atomic mass is 9.77. The molecule has 2 N–H and O–H groups in total. The minimum absolute atomic E-state index is 0.619. The summed E-state index contributed by atoms with van der Waals surface area (Å²) in [5.74, 6) is 2.60. The summed E-state index contributed by atoms with van der Waals surface area (Å²) in [7, 11) is -1.36. The van der Waals surface area contributed by atoms with Crippen LogP contribution in [0, 0.1) is 5.92 Å². The van der Waals surface area contributed by atoms with Crippen LogP contribution < -0.4 is 5.46 Å². The van der Waals surface area contributed by atoms with Crippen molar-refractivity contribution in [2.45, 2.75) is 19.6 Å². The topological polar surface area (TPSA) is 40.5 Å². The second kappa shape index (κ2) is 6.21. The van der Waals surface area contributed by atoms with Crippen LogP contribution in [-0.2, 0) is 5.75 Å². The molecule has 4 heteroatoms. The van der Waals surface area contributed by atoms with Crippen LogP contribution in [0.25, 0.3) is 0 Å². The van der Waals surface area contributed by atoms with E-state index in [-0.39, 0.29) is 0 Å². The van der Waals surface area contributed by atoms with E-state index < -0.39 is 7.12 Å². The lowest BCUT2D eigenvalue weighted by Crippen LogP contribution is -2.32. The fourth-order valence-electron chi connectivity index (χ4n) is 1.32. The summed E-state index contributed by atoms with van der Waals surface area (Å²) in [6.45, 7) is 4.36. The van der Waals surface area contributed by atoms with Crippen LogP contribution in [0.15, 0.2) is 24.3 Å². The first-order valence-corrected chi connectivity index (χ1v) is 6.28. The highest BCUT2D eigenvalue weighted by Gasteiger charge is 2.14. The summed E-state index contributed by atoms with van der Waals surface area (Å²) >= 11 is 1.82. The van der Waals surface area contributed by atoms with Gasteiger partial charge in [-0.15, -0.1) is 0 Å². The Bertz CT molecular complexity index is 302. The first-order valence-electron chi connectivity index (χ1n) is 5.13. The van der Waals surface area contributed by atoms with Gasteiger partial charge in [0, 0.05) is 5.75 Å².